The molecule has 1 aliphatic rings. The van der Waals surface area contributed by atoms with E-state index in [9.17, 15) is 0 Å². The number of hydrogen-bond acceptors (Lipinski definition) is 5. The van der Waals surface area contributed by atoms with Crippen LogP contribution in [0.15, 0.2) is 0 Å². The number of aryl methyl sites for hydroxylation is 2. The van der Waals surface area contributed by atoms with Crippen molar-refractivity contribution >= 4 is 0 Å². The van der Waals surface area contributed by atoms with Crippen molar-refractivity contribution in [2.75, 3.05) is 32.8 Å². The van der Waals surface area contributed by atoms with E-state index >= 15 is 0 Å². The van der Waals surface area contributed by atoms with Crippen LogP contribution in [0.5, 0.6) is 0 Å². The van der Waals surface area contributed by atoms with Crippen molar-refractivity contribution in [3.05, 3.63) is 22.8 Å². The first-order valence-corrected chi connectivity index (χ1v) is 8.15. The van der Waals surface area contributed by atoms with Crippen molar-refractivity contribution < 1.29 is 4.74 Å². The number of nitrogens with two attached hydrogens (primary N) is 1. The van der Waals surface area contributed by atoms with Crippen LogP contribution in [0.4, 0.5) is 0 Å². The van der Waals surface area contributed by atoms with Crippen molar-refractivity contribution in [2.45, 2.75) is 46.1 Å². The molecule has 1 aliphatic heterocycles. The summed E-state index contributed by atoms with van der Waals surface area (Å²) in [5.74, 6) is 0.850. The van der Waals surface area contributed by atoms with E-state index in [0.717, 1.165) is 62.7 Å². The molecule has 1 aromatic heterocycles. The van der Waals surface area contributed by atoms with Gasteiger partial charge in [-0.05, 0) is 37.9 Å². The van der Waals surface area contributed by atoms with E-state index in [4.69, 9.17) is 20.4 Å². The van der Waals surface area contributed by atoms with Crippen LogP contribution in [0.3, 0.4) is 0 Å². The zero-order valence-electron chi connectivity index (χ0n) is 13.6. The summed E-state index contributed by atoms with van der Waals surface area (Å²) >= 11 is 0. The normalized spacial score (nSPS) is 19.9. The van der Waals surface area contributed by atoms with Gasteiger partial charge in [0.1, 0.15) is 6.10 Å². The van der Waals surface area contributed by atoms with Crippen molar-refractivity contribution in [3.63, 3.8) is 0 Å². The van der Waals surface area contributed by atoms with Gasteiger partial charge in [-0.25, -0.2) is 9.97 Å². The second-order valence-electron chi connectivity index (χ2n) is 5.45. The molecule has 0 aromatic carbocycles. The molecule has 2 N–H and O–H groups in total. The molecule has 1 unspecified atom stereocenters. The Morgan fingerprint density at radius 1 is 1.19 bits per heavy atom. The zero-order chi connectivity index (χ0) is 15.2. The lowest BCUT2D eigenvalue weighted by molar-refractivity contribution is -0.0327. The van der Waals surface area contributed by atoms with E-state index in [1.807, 2.05) is 0 Å². The number of hydrogen-bond donors (Lipinski definition) is 1. The molecule has 2 heterocycles. The summed E-state index contributed by atoms with van der Waals surface area (Å²) < 4.78 is 5.90. The molecule has 5 nitrogen and oxygen atoms in total. The van der Waals surface area contributed by atoms with E-state index in [-0.39, 0.29) is 6.10 Å². The maximum Gasteiger partial charge on any atom is 0.158 e. The first-order valence-electron chi connectivity index (χ1n) is 8.15. The van der Waals surface area contributed by atoms with Crippen LogP contribution in [0.2, 0.25) is 0 Å². The predicted octanol–water partition coefficient (Wildman–Crippen LogP) is 1.50. The van der Waals surface area contributed by atoms with Gasteiger partial charge in [0, 0.05) is 24.5 Å². The molecule has 21 heavy (non-hydrogen) atoms. The third-order valence-corrected chi connectivity index (χ3v) is 4.15. The Hall–Kier alpha value is -1.04. The Kier molecular flexibility index (Phi) is 6.08. The Morgan fingerprint density at radius 3 is 2.38 bits per heavy atom. The highest BCUT2D eigenvalue weighted by molar-refractivity contribution is 5.27. The molecular weight excluding hydrogens is 264 g/mol. The lowest BCUT2D eigenvalue weighted by atomic mass is 10.0. The minimum absolute atomic E-state index is 0.00114. The van der Waals surface area contributed by atoms with Crippen molar-refractivity contribution in [2.24, 2.45) is 5.73 Å². The van der Waals surface area contributed by atoms with Gasteiger partial charge in [0.25, 0.3) is 0 Å². The second-order valence-corrected chi connectivity index (χ2v) is 5.45. The van der Waals surface area contributed by atoms with Crippen LogP contribution < -0.4 is 5.73 Å². The molecule has 5 heteroatoms. The highest BCUT2D eigenvalue weighted by atomic mass is 16.5. The quantitative estimate of drug-likeness (QED) is 0.860. The number of morpholine rings is 1. The van der Waals surface area contributed by atoms with Crippen LogP contribution >= 0.6 is 0 Å². The first-order chi connectivity index (χ1) is 10.2. The fourth-order valence-corrected chi connectivity index (χ4v) is 2.91. The van der Waals surface area contributed by atoms with Crippen molar-refractivity contribution in [1.29, 1.82) is 0 Å². The number of likely N-dealkylation sites (N-methyl/N-ethyl adjacent to an activating group) is 1. The lowest BCUT2D eigenvalue weighted by Gasteiger charge is -2.31. The molecular formula is C16H28N4O. The van der Waals surface area contributed by atoms with E-state index in [0.29, 0.717) is 6.54 Å². The third-order valence-electron chi connectivity index (χ3n) is 4.15. The van der Waals surface area contributed by atoms with Gasteiger partial charge in [0.15, 0.2) is 5.82 Å². The molecule has 1 fully saturated rings. The van der Waals surface area contributed by atoms with Crippen LogP contribution in [0, 0.1) is 0 Å². The molecule has 0 aliphatic carbocycles. The molecule has 0 saturated carbocycles. The largest absolute Gasteiger partial charge is 0.368 e. The number of ether oxygens (including phenoxy) is 1. The second kappa shape index (κ2) is 7.82. The molecule has 2 rings (SSSR count). The number of nitrogens with zero attached hydrogens (tertiary/aromatic N) is 3. The topological polar surface area (TPSA) is 64.3 Å². The summed E-state index contributed by atoms with van der Waals surface area (Å²) in [6.07, 6.45) is 2.70. The standard InChI is InChI=1S/C16H28N4O/c1-4-13-12(7-8-17)14(5-2)19-16(18-13)15-11-20(6-3)9-10-21-15/h15H,4-11,17H2,1-3H3. The Labute approximate surface area is 127 Å². The number of rotatable bonds is 6. The monoisotopic (exact) mass is 292 g/mol. The van der Waals surface area contributed by atoms with E-state index in [1.54, 1.807) is 0 Å². The summed E-state index contributed by atoms with van der Waals surface area (Å²) in [6.45, 7) is 10.8. The average Bonchev–Trinajstić information content (AvgIpc) is 2.55. The van der Waals surface area contributed by atoms with Gasteiger partial charge in [-0.3, -0.25) is 4.90 Å². The zero-order valence-corrected chi connectivity index (χ0v) is 13.6. The minimum Gasteiger partial charge on any atom is -0.368 e. The van der Waals surface area contributed by atoms with Crippen LogP contribution in [0.25, 0.3) is 0 Å². The Balaban J connectivity index is 2.31. The SMILES string of the molecule is CCc1nc(C2CN(CC)CCO2)nc(CC)c1CCN. The maximum absolute atomic E-state index is 5.90. The van der Waals surface area contributed by atoms with Gasteiger partial charge >= 0.3 is 0 Å². The van der Waals surface area contributed by atoms with E-state index < -0.39 is 0 Å². The molecule has 0 amide bonds. The van der Waals surface area contributed by atoms with Gasteiger partial charge in [0.2, 0.25) is 0 Å². The van der Waals surface area contributed by atoms with Crippen LogP contribution in [0.1, 0.15) is 49.7 Å². The average molecular weight is 292 g/mol. The molecule has 0 radical (unpaired) electrons. The van der Waals surface area contributed by atoms with Crippen LogP contribution in [-0.4, -0.2) is 47.7 Å². The van der Waals surface area contributed by atoms with Crippen molar-refractivity contribution in [3.8, 4) is 0 Å². The summed E-state index contributed by atoms with van der Waals surface area (Å²) in [4.78, 5) is 12.0. The highest BCUT2D eigenvalue weighted by Gasteiger charge is 2.25. The molecule has 1 saturated heterocycles. The van der Waals surface area contributed by atoms with Gasteiger partial charge < -0.3 is 10.5 Å². The first kappa shape index (κ1) is 16.3. The third kappa shape index (κ3) is 3.78. The predicted molar refractivity (Wildman–Crippen MR) is 84.4 cm³/mol. The summed E-state index contributed by atoms with van der Waals surface area (Å²) in [6, 6.07) is 0. The molecule has 118 valence electrons. The van der Waals surface area contributed by atoms with Crippen molar-refractivity contribution in [1.82, 2.24) is 14.9 Å². The van der Waals surface area contributed by atoms with Gasteiger partial charge in [-0.2, -0.15) is 0 Å². The van der Waals surface area contributed by atoms with Gasteiger partial charge in [-0.1, -0.05) is 20.8 Å². The minimum atomic E-state index is 0.00114. The van der Waals surface area contributed by atoms with Gasteiger partial charge in [0.05, 0.1) is 6.61 Å². The summed E-state index contributed by atoms with van der Waals surface area (Å²) in [5, 5.41) is 0. The fourth-order valence-electron chi connectivity index (χ4n) is 2.91. The molecule has 1 atom stereocenters. The maximum atomic E-state index is 5.90. The smallest absolute Gasteiger partial charge is 0.158 e. The summed E-state index contributed by atoms with van der Waals surface area (Å²) in [7, 11) is 0. The summed E-state index contributed by atoms with van der Waals surface area (Å²) in [5.41, 5.74) is 9.26. The number of aromatic nitrogens is 2. The molecule has 0 spiro atoms. The van der Waals surface area contributed by atoms with Crippen LogP contribution in [-0.2, 0) is 24.0 Å². The molecule has 0 bridgehead atoms. The highest BCUT2D eigenvalue weighted by Crippen LogP contribution is 2.22. The molecule has 1 aromatic rings. The fraction of sp³-hybridized carbons (Fsp3) is 0.750. The van der Waals surface area contributed by atoms with Gasteiger partial charge in [-0.15, -0.1) is 0 Å². The lowest BCUT2D eigenvalue weighted by Crippen LogP contribution is -2.38. The Bertz CT molecular complexity index is 439. The Morgan fingerprint density at radius 2 is 1.86 bits per heavy atom. The van der Waals surface area contributed by atoms with E-state index in [2.05, 4.69) is 25.7 Å². The van der Waals surface area contributed by atoms with E-state index in [1.165, 1.54) is 5.56 Å².